The van der Waals surface area contributed by atoms with Gasteiger partial charge >= 0.3 is 0 Å². The van der Waals surface area contributed by atoms with Crippen molar-refractivity contribution in [3.05, 3.63) is 46.6 Å². The maximum Gasteiger partial charge on any atom is 0.266 e. The zero-order valence-corrected chi connectivity index (χ0v) is 11.8. The first-order valence-corrected chi connectivity index (χ1v) is 7.32. The molecule has 0 bridgehead atoms. The third kappa shape index (κ3) is 3.09. The van der Waals surface area contributed by atoms with Crippen molar-refractivity contribution in [2.75, 3.05) is 10.5 Å². The SMILES string of the molecule is Nc1cc(Cl)cc(Cl)c1S(=O)(=O)Nc1ccccn1. The maximum atomic E-state index is 12.2. The van der Waals surface area contributed by atoms with E-state index in [4.69, 9.17) is 28.9 Å². The molecule has 0 unspecified atom stereocenters. The van der Waals surface area contributed by atoms with E-state index >= 15 is 0 Å². The average molecular weight is 318 g/mol. The highest BCUT2D eigenvalue weighted by molar-refractivity contribution is 7.93. The summed E-state index contributed by atoms with van der Waals surface area (Å²) >= 11 is 11.6. The molecule has 100 valence electrons. The van der Waals surface area contributed by atoms with E-state index in [-0.39, 0.29) is 26.4 Å². The second-order valence-corrected chi connectivity index (χ2v) is 6.09. The summed E-state index contributed by atoms with van der Waals surface area (Å²) < 4.78 is 26.7. The van der Waals surface area contributed by atoms with Crippen LogP contribution in [-0.4, -0.2) is 13.4 Å². The Morgan fingerprint density at radius 1 is 1.21 bits per heavy atom. The van der Waals surface area contributed by atoms with Crippen LogP contribution in [0.1, 0.15) is 0 Å². The molecule has 0 aliphatic heterocycles. The molecule has 1 heterocycles. The van der Waals surface area contributed by atoms with Crippen molar-refractivity contribution in [3.8, 4) is 0 Å². The number of hydrogen-bond acceptors (Lipinski definition) is 4. The minimum absolute atomic E-state index is 0.0269. The van der Waals surface area contributed by atoms with Crippen LogP contribution >= 0.6 is 23.2 Å². The number of sulfonamides is 1. The summed E-state index contributed by atoms with van der Waals surface area (Å²) in [6.45, 7) is 0. The zero-order valence-electron chi connectivity index (χ0n) is 9.47. The lowest BCUT2D eigenvalue weighted by Gasteiger charge is -2.11. The molecule has 3 N–H and O–H groups in total. The molecular weight excluding hydrogens is 309 g/mol. The molecule has 0 atom stereocenters. The second-order valence-electron chi connectivity index (χ2n) is 3.63. The van der Waals surface area contributed by atoms with Crippen LogP contribution in [0.4, 0.5) is 11.5 Å². The van der Waals surface area contributed by atoms with Crippen LogP contribution in [0.5, 0.6) is 0 Å². The van der Waals surface area contributed by atoms with Crippen molar-refractivity contribution in [1.82, 2.24) is 4.98 Å². The Morgan fingerprint density at radius 2 is 1.95 bits per heavy atom. The first-order chi connectivity index (χ1) is 8.90. The van der Waals surface area contributed by atoms with E-state index in [1.54, 1.807) is 12.1 Å². The van der Waals surface area contributed by atoms with Gasteiger partial charge in [-0.05, 0) is 24.3 Å². The quantitative estimate of drug-likeness (QED) is 0.852. The van der Waals surface area contributed by atoms with Gasteiger partial charge in [0.15, 0.2) is 0 Å². The van der Waals surface area contributed by atoms with Crippen molar-refractivity contribution in [2.45, 2.75) is 4.90 Å². The molecule has 1 aromatic heterocycles. The number of rotatable bonds is 3. The molecular formula is C11H9Cl2N3O2S. The van der Waals surface area contributed by atoms with Crippen molar-refractivity contribution in [2.24, 2.45) is 0 Å². The normalized spacial score (nSPS) is 11.3. The van der Waals surface area contributed by atoms with E-state index in [0.29, 0.717) is 0 Å². The Balaban J connectivity index is 2.46. The van der Waals surface area contributed by atoms with Crippen molar-refractivity contribution in [1.29, 1.82) is 0 Å². The van der Waals surface area contributed by atoms with Gasteiger partial charge in [-0.25, -0.2) is 13.4 Å². The van der Waals surface area contributed by atoms with E-state index in [1.165, 1.54) is 24.4 Å². The fraction of sp³-hybridized carbons (Fsp3) is 0. The summed E-state index contributed by atoms with van der Waals surface area (Å²) in [4.78, 5) is 3.65. The highest BCUT2D eigenvalue weighted by Gasteiger charge is 2.22. The van der Waals surface area contributed by atoms with E-state index in [1.807, 2.05) is 0 Å². The molecule has 0 fully saturated rings. The van der Waals surface area contributed by atoms with Gasteiger partial charge in [-0.2, -0.15) is 0 Å². The highest BCUT2D eigenvalue weighted by atomic mass is 35.5. The number of halogens is 2. The van der Waals surface area contributed by atoms with Gasteiger partial charge in [0, 0.05) is 11.2 Å². The average Bonchev–Trinajstić information content (AvgIpc) is 2.27. The van der Waals surface area contributed by atoms with Gasteiger partial charge in [-0.3, -0.25) is 4.72 Å². The van der Waals surface area contributed by atoms with Gasteiger partial charge in [-0.15, -0.1) is 0 Å². The predicted octanol–water partition coefficient (Wildman–Crippen LogP) is 2.77. The lowest BCUT2D eigenvalue weighted by atomic mass is 10.3. The highest BCUT2D eigenvalue weighted by Crippen LogP contribution is 2.32. The maximum absolute atomic E-state index is 12.2. The number of nitrogens with one attached hydrogen (secondary N) is 1. The van der Waals surface area contributed by atoms with Gasteiger partial charge < -0.3 is 5.73 Å². The Hall–Kier alpha value is -1.50. The molecule has 0 aliphatic rings. The minimum atomic E-state index is -3.92. The monoisotopic (exact) mass is 317 g/mol. The lowest BCUT2D eigenvalue weighted by molar-refractivity contribution is 0.601. The number of nitrogens with zero attached hydrogens (tertiary/aromatic N) is 1. The van der Waals surface area contributed by atoms with Crippen LogP contribution in [0.2, 0.25) is 10.0 Å². The standard InChI is InChI=1S/C11H9Cl2N3O2S/c12-7-5-8(13)11(9(14)6-7)19(17,18)16-10-3-1-2-4-15-10/h1-6H,14H2,(H,15,16). The minimum Gasteiger partial charge on any atom is -0.398 e. The van der Waals surface area contributed by atoms with Gasteiger partial charge in [0.25, 0.3) is 10.0 Å². The van der Waals surface area contributed by atoms with Crippen molar-refractivity contribution >= 4 is 44.7 Å². The molecule has 1 aromatic carbocycles. The molecule has 0 radical (unpaired) electrons. The lowest BCUT2D eigenvalue weighted by Crippen LogP contribution is -2.16. The molecule has 0 aliphatic carbocycles. The summed E-state index contributed by atoms with van der Waals surface area (Å²) in [6.07, 6.45) is 1.46. The Kier molecular flexibility index (Phi) is 3.84. The van der Waals surface area contributed by atoms with Gasteiger partial charge in [0.2, 0.25) is 0 Å². The van der Waals surface area contributed by atoms with Crippen LogP contribution in [-0.2, 0) is 10.0 Å². The third-order valence-corrected chi connectivity index (χ3v) is 4.31. The van der Waals surface area contributed by atoms with E-state index in [9.17, 15) is 8.42 Å². The number of anilines is 2. The summed E-state index contributed by atoms with van der Waals surface area (Å²) in [5.74, 6) is 0.174. The summed E-state index contributed by atoms with van der Waals surface area (Å²) in [6, 6.07) is 7.46. The van der Waals surface area contributed by atoms with Crippen LogP contribution in [0.3, 0.4) is 0 Å². The van der Waals surface area contributed by atoms with Crippen molar-refractivity contribution < 1.29 is 8.42 Å². The number of pyridine rings is 1. The number of hydrogen-bond donors (Lipinski definition) is 2. The first-order valence-electron chi connectivity index (χ1n) is 5.08. The number of nitrogens with two attached hydrogens (primary N) is 1. The summed E-state index contributed by atoms with van der Waals surface area (Å²) in [5.41, 5.74) is 5.63. The van der Waals surface area contributed by atoms with E-state index in [2.05, 4.69) is 9.71 Å². The largest absolute Gasteiger partial charge is 0.398 e. The summed E-state index contributed by atoms with van der Waals surface area (Å²) in [5, 5.41) is 0.215. The van der Waals surface area contributed by atoms with Crippen LogP contribution < -0.4 is 10.5 Å². The molecule has 2 rings (SSSR count). The molecule has 2 aromatic rings. The second kappa shape index (κ2) is 5.24. The fourth-order valence-corrected chi connectivity index (χ4v) is 3.47. The van der Waals surface area contributed by atoms with Crippen molar-refractivity contribution in [3.63, 3.8) is 0 Å². The molecule has 0 saturated carbocycles. The molecule has 0 amide bonds. The van der Waals surface area contributed by atoms with Crippen LogP contribution in [0, 0.1) is 0 Å². The topological polar surface area (TPSA) is 85.1 Å². The number of benzene rings is 1. The Morgan fingerprint density at radius 3 is 2.53 bits per heavy atom. The van der Waals surface area contributed by atoms with E-state index in [0.717, 1.165) is 0 Å². The number of aromatic nitrogens is 1. The van der Waals surface area contributed by atoms with Gasteiger partial charge in [-0.1, -0.05) is 29.3 Å². The Labute approximate surface area is 120 Å². The zero-order chi connectivity index (χ0) is 14.0. The molecule has 0 spiro atoms. The van der Waals surface area contributed by atoms with Gasteiger partial charge in [0.05, 0.1) is 10.7 Å². The fourth-order valence-electron chi connectivity index (χ4n) is 1.48. The van der Waals surface area contributed by atoms with E-state index < -0.39 is 10.0 Å². The molecule has 19 heavy (non-hydrogen) atoms. The summed E-state index contributed by atoms with van der Waals surface area (Å²) in [7, 11) is -3.92. The Bertz CT molecular complexity index is 682. The third-order valence-electron chi connectivity index (χ3n) is 2.21. The number of nitrogen functional groups attached to an aromatic ring is 1. The molecule has 5 nitrogen and oxygen atoms in total. The molecule has 8 heteroatoms. The first kappa shape index (κ1) is 13.9. The smallest absolute Gasteiger partial charge is 0.266 e. The molecule has 0 saturated heterocycles. The van der Waals surface area contributed by atoms with Crippen LogP contribution in [0.15, 0.2) is 41.4 Å². The van der Waals surface area contributed by atoms with Gasteiger partial charge in [0.1, 0.15) is 10.7 Å². The predicted molar refractivity (Wildman–Crippen MR) is 75.9 cm³/mol. The van der Waals surface area contributed by atoms with Crippen LogP contribution in [0.25, 0.3) is 0 Å².